The molecule has 1 rings (SSSR count). The van der Waals surface area contributed by atoms with E-state index in [2.05, 4.69) is 6.07 Å². The van der Waals surface area contributed by atoms with E-state index in [1.165, 1.54) is 19.3 Å². The molecule has 0 bridgehead atoms. The van der Waals surface area contributed by atoms with Crippen LogP contribution in [0.5, 0.6) is 0 Å². The van der Waals surface area contributed by atoms with Crippen molar-refractivity contribution in [2.24, 2.45) is 5.92 Å². The third-order valence-electron chi connectivity index (χ3n) is 2.69. The van der Waals surface area contributed by atoms with Crippen LogP contribution in [0.3, 0.4) is 0 Å². The van der Waals surface area contributed by atoms with Crippen molar-refractivity contribution in [3.63, 3.8) is 0 Å². The lowest BCUT2D eigenvalue weighted by Gasteiger charge is -2.25. The molecule has 1 aliphatic carbocycles. The second-order valence-electron chi connectivity index (χ2n) is 3.78. The fourth-order valence-corrected chi connectivity index (χ4v) is 3.23. The lowest BCUT2D eigenvalue weighted by Crippen LogP contribution is -2.20. The summed E-state index contributed by atoms with van der Waals surface area (Å²) in [5.41, 5.74) is 0. The maximum Gasteiger partial charge on any atom is 0.0667 e. The van der Waals surface area contributed by atoms with Crippen LogP contribution in [0, 0.1) is 17.2 Å². The van der Waals surface area contributed by atoms with Crippen molar-refractivity contribution in [3.8, 4) is 6.07 Å². The predicted octanol–water partition coefficient (Wildman–Crippen LogP) is 2.84. The monoisotopic (exact) mass is 213 g/mol. The van der Waals surface area contributed by atoms with Gasteiger partial charge in [0.2, 0.25) is 0 Å². The summed E-state index contributed by atoms with van der Waals surface area (Å²) in [4.78, 5) is 0. The molecule has 1 aliphatic rings. The highest BCUT2D eigenvalue weighted by Gasteiger charge is 2.24. The van der Waals surface area contributed by atoms with Gasteiger partial charge in [-0.05, 0) is 25.0 Å². The summed E-state index contributed by atoms with van der Waals surface area (Å²) in [5.74, 6) is 1.44. The molecule has 0 radical (unpaired) electrons. The SMILES string of the molecule is COCCCSC1CCCCC1C#N. The second kappa shape index (κ2) is 7.14. The molecule has 1 saturated carbocycles. The Hall–Kier alpha value is -0.200. The molecule has 0 aromatic rings. The Morgan fingerprint density at radius 3 is 2.93 bits per heavy atom. The fourth-order valence-electron chi connectivity index (χ4n) is 1.88. The van der Waals surface area contributed by atoms with Crippen molar-refractivity contribution in [1.82, 2.24) is 0 Å². The van der Waals surface area contributed by atoms with E-state index in [0.29, 0.717) is 11.2 Å². The highest BCUT2D eigenvalue weighted by atomic mass is 32.2. The van der Waals surface area contributed by atoms with E-state index in [4.69, 9.17) is 10.00 Å². The van der Waals surface area contributed by atoms with Gasteiger partial charge in [-0.1, -0.05) is 12.8 Å². The summed E-state index contributed by atoms with van der Waals surface area (Å²) in [7, 11) is 1.74. The van der Waals surface area contributed by atoms with Crippen molar-refractivity contribution < 1.29 is 4.74 Å². The van der Waals surface area contributed by atoms with Gasteiger partial charge in [0.1, 0.15) is 0 Å². The summed E-state index contributed by atoms with van der Waals surface area (Å²) >= 11 is 1.97. The number of rotatable bonds is 5. The van der Waals surface area contributed by atoms with Crippen molar-refractivity contribution in [3.05, 3.63) is 0 Å². The smallest absolute Gasteiger partial charge is 0.0667 e. The molecule has 0 spiro atoms. The molecule has 0 saturated heterocycles. The molecule has 0 aliphatic heterocycles. The zero-order valence-electron chi connectivity index (χ0n) is 8.87. The Morgan fingerprint density at radius 2 is 2.21 bits per heavy atom. The second-order valence-corrected chi connectivity index (χ2v) is 5.12. The van der Waals surface area contributed by atoms with Crippen LogP contribution in [0.4, 0.5) is 0 Å². The van der Waals surface area contributed by atoms with Gasteiger partial charge in [-0.2, -0.15) is 17.0 Å². The molecular weight excluding hydrogens is 194 g/mol. The fraction of sp³-hybridized carbons (Fsp3) is 0.909. The number of methoxy groups -OCH3 is 1. The van der Waals surface area contributed by atoms with Gasteiger partial charge < -0.3 is 4.74 Å². The van der Waals surface area contributed by atoms with Gasteiger partial charge in [0.05, 0.1) is 12.0 Å². The van der Waals surface area contributed by atoms with Crippen molar-refractivity contribution >= 4 is 11.8 Å². The standard InChI is InChI=1S/C11H19NOS/c1-13-7-4-8-14-11-6-3-2-5-10(11)9-12/h10-11H,2-8H2,1H3. The molecule has 2 nitrogen and oxygen atoms in total. The topological polar surface area (TPSA) is 33.0 Å². The average molecular weight is 213 g/mol. The van der Waals surface area contributed by atoms with Gasteiger partial charge in [-0.25, -0.2) is 0 Å². The van der Waals surface area contributed by atoms with E-state index in [0.717, 1.165) is 25.2 Å². The number of hydrogen-bond acceptors (Lipinski definition) is 3. The molecule has 0 amide bonds. The minimum atomic E-state index is 0.302. The first-order valence-corrected chi connectivity index (χ1v) is 6.43. The molecule has 0 N–H and O–H groups in total. The molecule has 3 heteroatoms. The average Bonchev–Trinajstić information content (AvgIpc) is 2.25. The molecule has 0 aromatic heterocycles. The van der Waals surface area contributed by atoms with Gasteiger partial charge >= 0.3 is 0 Å². The molecule has 2 atom stereocenters. The molecule has 80 valence electrons. The van der Waals surface area contributed by atoms with Gasteiger partial charge in [-0.3, -0.25) is 0 Å². The molecular formula is C11H19NOS. The lowest BCUT2D eigenvalue weighted by atomic mass is 9.90. The first-order chi connectivity index (χ1) is 6.88. The minimum absolute atomic E-state index is 0.302. The minimum Gasteiger partial charge on any atom is -0.385 e. The third kappa shape index (κ3) is 3.89. The maximum absolute atomic E-state index is 8.98. The zero-order valence-corrected chi connectivity index (χ0v) is 9.68. The molecule has 1 fully saturated rings. The first kappa shape index (κ1) is 11.9. The zero-order chi connectivity index (χ0) is 10.2. The van der Waals surface area contributed by atoms with Crippen LogP contribution in [0.1, 0.15) is 32.1 Å². The lowest BCUT2D eigenvalue weighted by molar-refractivity contribution is 0.200. The molecule has 0 aromatic carbocycles. The highest BCUT2D eigenvalue weighted by Crippen LogP contribution is 2.33. The van der Waals surface area contributed by atoms with Gasteiger partial charge in [0.15, 0.2) is 0 Å². The largest absolute Gasteiger partial charge is 0.385 e. The maximum atomic E-state index is 8.98. The van der Waals surface area contributed by atoms with E-state index in [-0.39, 0.29) is 0 Å². The van der Waals surface area contributed by atoms with Crippen LogP contribution in [0.2, 0.25) is 0 Å². The number of nitrogens with zero attached hydrogens (tertiary/aromatic N) is 1. The van der Waals surface area contributed by atoms with E-state index >= 15 is 0 Å². The van der Waals surface area contributed by atoms with Crippen LogP contribution in [-0.2, 0) is 4.74 Å². The first-order valence-electron chi connectivity index (χ1n) is 5.38. The molecule has 0 heterocycles. The normalized spacial score (nSPS) is 27.1. The number of hydrogen-bond donors (Lipinski definition) is 0. The van der Waals surface area contributed by atoms with Crippen LogP contribution in [0.25, 0.3) is 0 Å². The van der Waals surface area contributed by atoms with E-state index in [9.17, 15) is 0 Å². The Kier molecular flexibility index (Phi) is 6.05. The number of thioether (sulfide) groups is 1. The highest BCUT2D eigenvalue weighted by molar-refractivity contribution is 7.99. The van der Waals surface area contributed by atoms with Crippen molar-refractivity contribution in [1.29, 1.82) is 5.26 Å². The Balaban J connectivity index is 2.17. The Labute approximate surface area is 91.0 Å². The van der Waals surface area contributed by atoms with Gasteiger partial charge in [-0.15, -0.1) is 0 Å². The summed E-state index contributed by atoms with van der Waals surface area (Å²) in [6.07, 6.45) is 6.00. The van der Waals surface area contributed by atoms with Crippen LogP contribution < -0.4 is 0 Å². The van der Waals surface area contributed by atoms with Crippen molar-refractivity contribution in [2.75, 3.05) is 19.5 Å². The Morgan fingerprint density at radius 1 is 1.43 bits per heavy atom. The van der Waals surface area contributed by atoms with Crippen molar-refractivity contribution in [2.45, 2.75) is 37.4 Å². The van der Waals surface area contributed by atoms with Crippen LogP contribution in [-0.4, -0.2) is 24.7 Å². The van der Waals surface area contributed by atoms with E-state index < -0.39 is 0 Å². The van der Waals surface area contributed by atoms with Crippen LogP contribution >= 0.6 is 11.8 Å². The summed E-state index contributed by atoms with van der Waals surface area (Å²) in [6.45, 7) is 0.844. The summed E-state index contributed by atoms with van der Waals surface area (Å²) in [5, 5.41) is 9.56. The van der Waals surface area contributed by atoms with E-state index in [1.54, 1.807) is 7.11 Å². The number of nitriles is 1. The summed E-state index contributed by atoms with van der Waals surface area (Å²) < 4.78 is 5.01. The van der Waals surface area contributed by atoms with Gasteiger partial charge in [0, 0.05) is 19.0 Å². The number of ether oxygens (including phenoxy) is 1. The predicted molar refractivity (Wildman–Crippen MR) is 60.3 cm³/mol. The Bertz CT molecular complexity index is 190. The van der Waals surface area contributed by atoms with E-state index in [1.807, 2.05) is 11.8 Å². The molecule has 14 heavy (non-hydrogen) atoms. The molecule has 2 unspecified atom stereocenters. The van der Waals surface area contributed by atoms with Crippen LogP contribution in [0.15, 0.2) is 0 Å². The quantitative estimate of drug-likeness (QED) is 0.658. The third-order valence-corrected chi connectivity index (χ3v) is 4.21. The summed E-state index contributed by atoms with van der Waals surface area (Å²) in [6, 6.07) is 2.44. The van der Waals surface area contributed by atoms with Gasteiger partial charge in [0.25, 0.3) is 0 Å².